The van der Waals surface area contributed by atoms with Gasteiger partial charge in [-0.25, -0.2) is 0 Å². The van der Waals surface area contributed by atoms with Gasteiger partial charge in [0.2, 0.25) is 5.91 Å². The summed E-state index contributed by atoms with van der Waals surface area (Å²) in [5.41, 5.74) is 2.82. The van der Waals surface area contributed by atoms with Gasteiger partial charge in [0, 0.05) is 23.5 Å². The number of nitrogens with two attached hydrogens (primary N) is 1. The Balaban J connectivity index is 1.63. The van der Waals surface area contributed by atoms with Crippen molar-refractivity contribution in [1.82, 2.24) is 10.2 Å². The van der Waals surface area contributed by atoms with E-state index in [2.05, 4.69) is 5.32 Å². The van der Waals surface area contributed by atoms with Crippen LogP contribution in [0.1, 0.15) is 34.3 Å². The summed E-state index contributed by atoms with van der Waals surface area (Å²) in [6.45, 7) is 3.11. The largest absolute Gasteiger partial charge is 0.350 e. The molecule has 6 heteroatoms. The summed E-state index contributed by atoms with van der Waals surface area (Å²) in [6, 6.07) is 14.8. The molecule has 0 bridgehead atoms. The van der Waals surface area contributed by atoms with E-state index in [1.54, 1.807) is 17.0 Å². The molecule has 1 heterocycles. The molecule has 2 amide bonds. The topological polar surface area (TPSA) is 75.4 Å². The standard InChI is InChI=1S/C20H23N3O2S/c1-14-4-6-15(7-5-14)13-22-19(24)18-3-2-12-23(18)20(25)16-8-10-17(26-21)11-9-16/h4-11,18H,2-3,12-13,21H2,1H3,(H,22,24). The van der Waals surface area contributed by atoms with Crippen molar-refractivity contribution < 1.29 is 9.59 Å². The van der Waals surface area contributed by atoms with E-state index in [9.17, 15) is 9.59 Å². The maximum atomic E-state index is 12.8. The van der Waals surface area contributed by atoms with Crippen LogP contribution in [0.2, 0.25) is 0 Å². The molecule has 1 atom stereocenters. The fourth-order valence-corrected chi connectivity index (χ4v) is 3.43. The number of carbonyl (C=O) groups is 2. The Morgan fingerprint density at radius 3 is 2.50 bits per heavy atom. The number of benzene rings is 2. The lowest BCUT2D eigenvalue weighted by molar-refractivity contribution is -0.125. The van der Waals surface area contributed by atoms with Crippen molar-refractivity contribution in [2.45, 2.75) is 37.2 Å². The minimum absolute atomic E-state index is 0.0921. The van der Waals surface area contributed by atoms with Crippen LogP contribution < -0.4 is 10.5 Å². The quantitative estimate of drug-likeness (QED) is 0.795. The zero-order valence-electron chi connectivity index (χ0n) is 14.8. The summed E-state index contributed by atoms with van der Waals surface area (Å²) >= 11 is 1.14. The van der Waals surface area contributed by atoms with Gasteiger partial charge < -0.3 is 10.2 Å². The molecule has 0 spiro atoms. The predicted molar refractivity (Wildman–Crippen MR) is 104 cm³/mol. The molecule has 1 aliphatic rings. The molecule has 1 unspecified atom stereocenters. The van der Waals surface area contributed by atoms with Crippen LogP contribution in [0.15, 0.2) is 53.4 Å². The van der Waals surface area contributed by atoms with Crippen molar-refractivity contribution in [2.75, 3.05) is 6.54 Å². The summed E-state index contributed by atoms with van der Waals surface area (Å²) in [6.07, 6.45) is 1.54. The Morgan fingerprint density at radius 2 is 1.85 bits per heavy atom. The highest BCUT2D eigenvalue weighted by molar-refractivity contribution is 7.97. The second-order valence-electron chi connectivity index (χ2n) is 6.50. The zero-order chi connectivity index (χ0) is 18.5. The first-order chi connectivity index (χ1) is 12.6. The number of nitrogens with one attached hydrogen (secondary N) is 1. The highest BCUT2D eigenvalue weighted by Crippen LogP contribution is 2.22. The average Bonchev–Trinajstić information content (AvgIpc) is 3.16. The molecule has 0 aliphatic carbocycles. The van der Waals surface area contributed by atoms with Crippen LogP contribution in [-0.4, -0.2) is 29.3 Å². The van der Waals surface area contributed by atoms with Gasteiger partial charge in [-0.2, -0.15) is 0 Å². The third-order valence-corrected chi connectivity index (χ3v) is 5.19. The summed E-state index contributed by atoms with van der Waals surface area (Å²) in [5.74, 6) is -0.197. The second-order valence-corrected chi connectivity index (χ2v) is 7.21. The SMILES string of the molecule is Cc1ccc(CNC(=O)C2CCCN2C(=O)c2ccc(SN)cc2)cc1. The average molecular weight is 369 g/mol. The van der Waals surface area contributed by atoms with Gasteiger partial charge in [-0.1, -0.05) is 29.8 Å². The third-order valence-electron chi connectivity index (χ3n) is 4.64. The van der Waals surface area contributed by atoms with Crippen LogP contribution in [0.5, 0.6) is 0 Å². The van der Waals surface area contributed by atoms with E-state index in [0.717, 1.165) is 28.8 Å². The van der Waals surface area contributed by atoms with Crippen LogP contribution in [0.25, 0.3) is 0 Å². The highest BCUT2D eigenvalue weighted by Gasteiger charge is 2.34. The van der Waals surface area contributed by atoms with Crippen molar-refractivity contribution in [3.05, 3.63) is 65.2 Å². The molecule has 1 fully saturated rings. The number of hydrogen-bond acceptors (Lipinski definition) is 4. The summed E-state index contributed by atoms with van der Waals surface area (Å²) in [7, 11) is 0. The molecular formula is C20H23N3O2S. The summed E-state index contributed by atoms with van der Waals surface area (Å²) in [4.78, 5) is 28.0. The van der Waals surface area contributed by atoms with Gasteiger partial charge in [-0.05, 0) is 61.5 Å². The number of amides is 2. The van der Waals surface area contributed by atoms with Crippen LogP contribution in [0, 0.1) is 6.92 Å². The molecule has 1 saturated heterocycles. The van der Waals surface area contributed by atoms with E-state index >= 15 is 0 Å². The van der Waals surface area contributed by atoms with Crippen molar-refractivity contribution >= 4 is 23.8 Å². The fraction of sp³-hybridized carbons (Fsp3) is 0.300. The summed E-state index contributed by atoms with van der Waals surface area (Å²) < 4.78 is 0. The Labute approximate surface area is 158 Å². The van der Waals surface area contributed by atoms with Crippen LogP contribution in [0.3, 0.4) is 0 Å². The maximum absolute atomic E-state index is 12.8. The van der Waals surface area contributed by atoms with Crippen LogP contribution in [-0.2, 0) is 11.3 Å². The van der Waals surface area contributed by atoms with Crippen molar-refractivity contribution in [2.24, 2.45) is 5.14 Å². The lowest BCUT2D eigenvalue weighted by atomic mass is 10.1. The normalized spacial score (nSPS) is 16.5. The molecule has 3 N–H and O–H groups in total. The molecule has 136 valence electrons. The minimum Gasteiger partial charge on any atom is -0.350 e. The minimum atomic E-state index is -0.406. The number of aryl methyl sites for hydroxylation is 1. The molecule has 0 aromatic heterocycles. The van der Waals surface area contributed by atoms with E-state index in [1.165, 1.54) is 5.56 Å². The third kappa shape index (κ3) is 4.26. The van der Waals surface area contributed by atoms with E-state index in [0.29, 0.717) is 25.1 Å². The first-order valence-electron chi connectivity index (χ1n) is 8.69. The first-order valence-corrected chi connectivity index (χ1v) is 9.57. The Hall–Kier alpha value is -2.31. The van der Waals surface area contributed by atoms with Crippen molar-refractivity contribution in [3.63, 3.8) is 0 Å². The highest BCUT2D eigenvalue weighted by atomic mass is 32.2. The van der Waals surface area contributed by atoms with Gasteiger partial charge >= 0.3 is 0 Å². The number of carbonyl (C=O) groups excluding carboxylic acids is 2. The summed E-state index contributed by atoms with van der Waals surface area (Å²) in [5, 5.41) is 8.48. The molecule has 0 saturated carbocycles. The van der Waals surface area contributed by atoms with E-state index in [-0.39, 0.29) is 11.8 Å². The van der Waals surface area contributed by atoms with E-state index in [1.807, 2.05) is 43.3 Å². The Morgan fingerprint density at radius 1 is 1.15 bits per heavy atom. The molecule has 26 heavy (non-hydrogen) atoms. The Kier molecular flexibility index (Phi) is 5.96. The van der Waals surface area contributed by atoms with Crippen molar-refractivity contribution in [3.8, 4) is 0 Å². The lowest BCUT2D eigenvalue weighted by Crippen LogP contribution is -2.45. The molecule has 5 nitrogen and oxygen atoms in total. The number of hydrogen-bond donors (Lipinski definition) is 2. The van der Waals surface area contributed by atoms with Gasteiger partial charge in [0.25, 0.3) is 5.91 Å². The van der Waals surface area contributed by atoms with Crippen LogP contribution >= 0.6 is 11.9 Å². The molecular weight excluding hydrogens is 346 g/mol. The fourth-order valence-electron chi connectivity index (χ4n) is 3.14. The second kappa shape index (κ2) is 8.38. The van der Waals surface area contributed by atoms with E-state index < -0.39 is 6.04 Å². The number of rotatable bonds is 5. The molecule has 0 radical (unpaired) electrons. The monoisotopic (exact) mass is 369 g/mol. The van der Waals surface area contributed by atoms with Gasteiger partial charge in [0.05, 0.1) is 0 Å². The van der Waals surface area contributed by atoms with E-state index in [4.69, 9.17) is 5.14 Å². The Bertz CT molecular complexity index is 775. The zero-order valence-corrected chi connectivity index (χ0v) is 15.6. The molecule has 2 aromatic carbocycles. The predicted octanol–water partition coefficient (Wildman–Crippen LogP) is 2.88. The first kappa shape index (κ1) is 18.5. The van der Waals surface area contributed by atoms with Gasteiger partial charge in [-0.15, -0.1) is 0 Å². The van der Waals surface area contributed by atoms with Gasteiger partial charge in [0.15, 0.2) is 0 Å². The molecule has 3 rings (SSSR count). The van der Waals surface area contributed by atoms with Gasteiger partial charge in [0.1, 0.15) is 6.04 Å². The van der Waals surface area contributed by atoms with Crippen LogP contribution in [0.4, 0.5) is 0 Å². The molecule has 1 aliphatic heterocycles. The molecule has 2 aromatic rings. The number of likely N-dealkylation sites (tertiary alicyclic amines) is 1. The smallest absolute Gasteiger partial charge is 0.254 e. The number of nitrogens with zero attached hydrogens (tertiary/aromatic N) is 1. The lowest BCUT2D eigenvalue weighted by Gasteiger charge is -2.24. The van der Waals surface area contributed by atoms with Gasteiger partial charge in [-0.3, -0.25) is 14.7 Å². The maximum Gasteiger partial charge on any atom is 0.254 e. The van der Waals surface area contributed by atoms with Crippen molar-refractivity contribution in [1.29, 1.82) is 0 Å².